The van der Waals surface area contributed by atoms with Gasteiger partial charge in [0.1, 0.15) is 12.0 Å². The first-order chi connectivity index (χ1) is 7.65. The van der Waals surface area contributed by atoms with Crippen LogP contribution < -0.4 is 10.1 Å². The second-order valence-electron chi connectivity index (χ2n) is 3.42. The Labute approximate surface area is 95.2 Å². The number of methoxy groups -OCH3 is 1. The zero-order valence-electron chi connectivity index (χ0n) is 9.47. The summed E-state index contributed by atoms with van der Waals surface area (Å²) in [7, 11) is 3.22. The molecule has 16 heavy (non-hydrogen) atoms. The van der Waals surface area contributed by atoms with Crippen LogP contribution in [0.3, 0.4) is 0 Å². The maximum absolute atomic E-state index is 9.56. The van der Waals surface area contributed by atoms with Gasteiger partial charge in [0, 0.05) is 6.42 Å². The van der Waals surface area contributed by atoms with E-state index in [1.54, 1.807) is 14.2 Å². The molecule has 0 aliphatic heterocycles. The molecule has 1 unspecified atom stereocenters. The molecule has 0 aliphatic rings. The van der Waals surface area contributed by atoms with Crippen molar-refractivity contribution in [1.29, 1.82) is 0 Å². The highest BCUT2D eigenvalue weighted by molar-refractivity contribution is 5.29. The van der Waals surface area contributed by atoms with Gasteiger partial charge in [-0.15, -0.1) is 0 Å². The molecule has 4 heteroatoms. The summed E-state index contributed by atoms with van der Waals surface area (Å²) in [6, 6.07) is 7.40. The van der Waals surface area contributed by atoms with Crippen LogP contribution in [-0.2, 0) is 6.42 Å². The second kappa shape index (κ2) is 6.15. The van der Waals surface area contributed by atoms with Crippen molar-refractivity contribution in [3.63, 3.8) is 0 Å². The molecule has 0 saturated heterocycles. The van der Waals surface area contributed by atoms with E-state index in [-0.39, 0.29) is 5.76 Å². The number of hydrogen-bond acceptors (Lipinski definition) is 4. The van der Waals surface area contributed by atoms with Crippen molar-refractivity contribution in [3.05, 3.63) is 41.7 Å². The van der Waals surface area contributed by atoms with Gasteiger partial charge in [-0.25, -0.2) is 0 Å². The number of aliphatic hydroxyl groups excluding tert-OH is 2. The monoisotopic (exact) mass is 223 g/mol. The maximum Gasteiger partial charge on any atom is 0.127 e. The van der Waals surface area contributed by atoms with Crippen molar-refractivity contribution < 1.29 is 14.9 Å². The zero-order valence-corrected chi connectivity index (χ0v) is 9.47. The molecule has 1 atom stereocenters. The average Bonchev–Trinajstić information content (AvgIpc) is 2.29. The number of rotatable bonds is 5. The summed E-state index contributed by atoms with van der Waals surface area (Å²) in [4.78, 5) is 0. The Kier molecular flexibility index (Phi) is 4.82. The van der Waals surface area contributed by atoms with Crippen molar-refractivity contribution >= 4 is 0 Å². The minimum Gasteiger partial charge on any atom is -0.512 e. The van der Waals surface area contributed by atoms with Crippen LogP contribution in [0.5, 0.6) is 5.75 Å². The van der Waals surface area contributed by atoms with E-state index in [4.69, 9.17) is 4.74 Å². The highest BCUT2D eigenvalue weighted by Gasteiger charge is 2.01. The Morgan fingerprint density at radius 3 is 2.56 bits per heavy atom. The van der Waals surface area contributed by atoms with Crippen molar-refractivity contribution in [2.75, 3.05) is 14.2 Å². The van der Waals surface area contributed by atoms with E-state index in [1.807, 2.05) is 24.3 Å². The minimum atomic E-state index is -0.821. The number of allylic oxidation sites excluding steroid dienone is 1. The standard InChI is InChI=1S/C12H17NO3/c1-13-12(15)8-10(14)7-9-3-5-11(16-2)6-4-9/h3-6,8,12-15H,7H2,1-2H3/b10-8-. The molecule has 0 heterocycles. The molecule has 0 bridgehead atoms. The summed E-state index contributed by atoms with van der Waals surface area (Å²) >= 11 is 0. The predicted octanol–water partition coefficient (Wildman–Crippen LogP) is 1.22. The summed E-state index contributed by atoms with van der Waals surface area (Å²) in [6.07, 6.45) is 0.936. The van der Waals surface area contributed by atoms with Gasteiger partial charge in [0.25, 0.3) is 0 Å². The first kappa shape index (κ1) is 12.5. The van der Waals surface area contributed by atoms with Crippen LogP contribution in [0.25, 0.3) is 0 Å². The zero-order chi connectivity index (χ0) is 12.0. The summed E-state index contributed by atoms with van der Waals surface area (Å²) in [6.45, 7) is 0. The first-order valence-electron chi connectivity index (χ1n) is 5.03. The van der Waals surface area contributed by atoms with Gasteiger partial charge in [0.05, 0.1) is 12.9 Å². The average molecular weight is 223 g/mol. The third-order valence-corrected chi connectivity index (χ3v) is 2.19. The van der Waals surface area contributed by atoms with Crippen LogP contribution in [0.1, 0.15) is 5.56 Å². The largest absolute Gasteiger partial charge is 0.512 e. The number of nitrogens with one attached hydrogen (secondary N) is 1. The van der Waals surface area contributed by atoms with E-state index in [1.165, 1.54) is 6.08 Å². The lowest BCUT2D eigenvalue weighted by Crippen LogP contribution is -2.22. The van der Waals surface area contributed by atoms with Gasteiger partial charge in [-0.3, -0.25) is 5.32 Å². The molecule has 1 aromatic rings. The van der Waals surface area contributed by atoms with Gasteiger partial charge < -0.3 is 14.9 Å². The van der Waals surface area contributed by atoms with E-state index < -0.39 is 6.23 Å². The summed E-state index contributed by atoms with van der Waals surface area (Å²) in [5.74, 6) is 0.912. The number of benzene rings is 1. The van der Waals surface area contributed by atoms with Crippen molar-refractivity contribution in [3.8, 4) is 5.75 Å². The third-order valence-electron chi connectivity index (χ3n) is 2.19. The molecule has 88 valence electrons. The Morgan fingerprint density at radius 1 is 1.44 bits per heavy atom. The molecule has 4 nitrogen and oxygen atoms in total. The molecule has 0 spiro atoms. The minimum absolute atomic E-state index is 0.131. The molecule has 1 rings (SSSR count). The SMILES string of the molecule is CNC(O)/C=C(\O)Cc1ccc(OC)cc1. The van der Waals surface area contributed by atoms with Gasteiger partial charge in [-0.1, -0.05) is 12.1 Å². The van der Waals surface area contributed by atoms with Crippen molar-refractivity contribution in [2.24, 2.45) is 0 Å². The van der Waals surface area contributed by atoms with Gasteiger partial charge in [-0.2, -0.15) is 0 Å². The summed E-state index contributed by atoms with van der Waals surface area (Å²) < 4.78 is 5.03. The lowest BCUT2D eigenvalue weighted by Gasteiger charge is -2.06. The second-order valence-corrected chi connectivity index (χ2v) is 3.42. The molecule has 0 aliphatic carbocycles. The summed E-state index contributed by atoms with van der Waals surface area (Å²) in [5.41, 5.74) is 0.956. The molecule has 1 aromatic carbocycles. The number of aliphatic hydroxyl groups is 2. The first-order valence-corrected chi connectivity index (χ1v) is 5.03. The Hall–Kier alpha value is -1.52. The van der Waals surface area contributed by atoms with Crippen molar-refractivity contribution in [1.82, 2.24) is 5.32 Å². The van der Waals surface area contributed by atoms with Gasteiger partial charge in [0.15, 0.2) is 0 Å². The Morgan fingerprint density at radius 2 is 2.06 bits per heavy atom. The highest BCUT2D eigenvalue weighted by atomic mass is 16.5. The maximum atomic E-state index is 9.56. The number of likely N-dealkylation sites (N-methyl/N-ethyl adjacent to an activating group) is 1. The fourth-order valence-electron chi connectivity index (χ4n) is 1.28. The van der Waals surface area contributed by atoms with E-state index >= 15 is 0 Å². The normalized spacial score (nSPS) is 13.6. The molecule has 3 N–H and O–H groups in total. The topological polar surface area (TPSA) is 61.7 Å². The van der Waals surface area contributed by atoms with E-state index in [0.29, 0.717) is 6.42 Å². The smallest absolute Gasteiger partial charge is 0.127 e. The third kappa shape index (κ3) is 3.92. The van der Waals surface area contributed by atoms with E-state index in [0.717, 1.165) is 11.3 Å². The van der Waals surface area contributed by atoms with Gasteiger partial charge in [-0.05, 0) is 30.8 Å². The fraction of sp³-hybridized carbons (Fsp3) is 0.333. The molecule has 0 aromatic heterocycles. The molecule has 0 amide bonds. The quantitative estimate of drug-likeness (QED) is 0.519. The molecule has 0 fully saturated rings. The Bertz CT molecular complexity index is 346. The van der Waals surface area contributed by atoms with Crippen LogP contribution in [0.2, 0.25) is 0 Å². The number of hydrogen-bond donors (Lipinski definition) is 3. The molecular weight excluding hydrogens is 206 g/mol. The van der Waals surface area contributed by atoms with Gasteiger partial charge >= 0.3 is 0 Å². The molecular formula is C12H17NO3. The lowest BCUT2D eigenvalue weighted by molar-refractivity contribution is 0.189. The number of ether oxygens (including phenoxy) is 1. The summed E-state index contributed by atoms with van der Waals surface area (Å²) in [5, 5.41) is 21.4. The fourth-order valence-corrected chi connectivity index (χ4v) is 1.28. The van der Waals surface area contributed by atoms with E-state index in [2.05, 4.69) is 5.32 Å². The van der Waals surface area contributed by atoms with Crippen molar-refractivity contribution in [2.45, 2.75) is 12.6 Å². The molecule has 0 radical (unpaired) electrons. The molecule has 0 saturated carbocycles. The predicted molar refractivity (Wildman–Crippen MR) is 62.5 cm³/mol. The van der Waals surface area contributed by atoms with Crippen LogP contribution in [-0.4, -0.2) is 30.6 Å². The van der Waals surface area contributed by atoms with Crippen LogP contribution in [0, 0.1) is 0 Å². The van der Waals surface area contributed by atoms with Crippen LogP contribution in [0.15, 0.2) is 36.1 Å². The lowest BCUT2D eigenvalue weighted by atomic mass is 10.1. The van der Waals surface area contributed by atoms with Crippen LogP contribution >= 0.6 is 0 Å². The van der Waals surface area contributed by atoms with Gasteiger partial charge in [0.2, 0.25) is 0 Å². The van der Waals surface area contributed by atoms with E-state index in [9.17, 15) is 10.2 Å². The van der Waals surface area contributed by atoms with Crippen LogP contribution in [0.4, 0.5) is 0 Å². The highest BCUT2D eigenvalue weighted by Crippen LogP contribution is 2.13. The Balaban J connectivity index is 2.62.